The molecule has 1 aromatic carbocycles. The first-order chi connectivity index (χ1) is 9.58. The Morgan fingerprint density at radius 3 is 2.60 bits per heavy atom. The molecule has 0 saturated heterocycles. The van der Waals surface area contributed by atoms with Crippen LogP contribution in [0.1, 0.15) is 17.4 Å². The van der Waals surface area contributed by atoms with Gasteiger partial charge in [0, 0.05) is 17.7 Å². The van der Waals surface area contributed by atoms with Gasteiger partial charge in [-0.3, -0.25) is 9.78 Å². The Hall–Kier alpha value is -1.72. The van der Waals surface area contributed by atoms with E-state index in [2.05, 4.69) is 20.9 Å². The van der Waals surface area contributed by atoms with Crippen LogP contribution in [0.4, 0.5) is 0 Å². The smallest absolute Gasteiger partial charge is 0.256 e. The molecule has 104 valence electrons. The summed E-state index contributed by atoms with van der Waals surface area (Å²) in [6.45, 7) is 0.368. The maximum absolute atomic E-state index is 12.2. The van der Waals surface area contributed by atoms with E-state index >= 15 is 0 Å². The van der Waals surface area contributed by atoms with E-state index in [-0.39, 0.29) is 5.91 Å². The molecule has 0 fully saturated rings. The van der Waals surface area contributed by atoms with E-state index in [1.54, 1.807) is 37.5 Å². The average Bonchev–Trinajstić information content (AvgIpc) is 2.47. The predicted octanol–water partition coefficient (Wildman–Crippen LogP) is 2.54. The molecule has 4 nitrogen and oxygen atoms in total. The second kappa shape index (κ2) is 6.63. The van der Waals surface area contributed by atoms with E-state index in [4.69, 9.17) is 0 Å². The fourth-order valence-electron chi connectivity index (χ4n) is 1.81. The summed E-state index contributed by atoms with van der Waals surface area (Å²) >= 11 is 3.32. The van der Waals surface area contributed by atoms with Crippen molar-refractivity contribution in [3.8, 4) is 0 Å². The number of aliphatic hydroxyl groups excluding tert-OH is 1. The van der Waals surface area contributed by atoms with Gasteiger partial charge in [0.1, 0.15) is 0 Å². The number of rotatable bonds is 4. The van der Waals surface area contributed by atoms with Crippen LogP contribution in [0.5, 0.6) is 0 Å². The minimum atomic E-state index is -1.16. The summed E-state index contributed by atoms with van der Waals surface area (Å²) in [6, 6.07) is 12.6. The van der Waals surface area contributed by atoms with Gasteiger partial charge in [-0.1, -0.05) is 34.1 Å². The zero-order valence-corrected chi connectivity index (χ0v) is 12.6. The van der Waals surface area contributed by atoms with Crippen LogP contribution in [0, 0.1) is 0 Å². The summed E-state index contributed by atoms with van der Waals surface area (Å²) in [5, 5.41) is 10.1. The molecule has 0 spiro atoms. The number of halogens is 1. The van der Waals surface area contributed by atoms with Gasteiger partial charge >= 0.3 is 0 Å². The Balaban J connectivity index is 2.04. The summed E-state index contributed by atoms with van der Waals surface area (Å²) in [7, 11) is 1.65. The van der Waals surface area contributed by atoms with Crippen molar-refractivity contribution in [3.63, 3.8) is 0 Å². The van der Waals surface area contributed by atoms with Crippen molar-refractivity contribution in [3.05, 3.63) is 64.4 Å². The molecule has 5 heteroatoms. The fraction of sp³-hybridized carbons (Fsp3) is 0.200. The van der Waals surface area contributed by atoms with E-state index in [0.29, 0.717) is 12.1 Å². The van der Waals surface area contributed by atoms with Crippen molar-refractivity contribution in [2.45, 2.75) is 12.6 Å². The third-order valence-electron chi connectivity index (χ3n) is 2.92. The molecule has 0 bridgehead atoms. The first-order valence-electron chi connectivity index (χ1n) is 6.16. The number of likely N-dealkylation sites (N-methyl/N-ethyl adjacent to an activating group) is 1. The van der Waals surface area contributed by atoms with Crippen molar-refractivity contribution in [1.29, 1.82) is 0 Å². The first-order valence-corrected chi connectivity index (χ1v) is 6.95. The number of carbonyl (C=O) groups is 1. The molecule has 1 aromatic heterocycles. The number of aromatic nitrogens is 1. The summed E-state index contributed by atoms with van der Waals surface area (Å²) < 4.78 is 0.905. The number of pyridine rings is 1. The normalized spacial score (nSPS) is 11.9. The first kappa shape index (κ1) is 14.7. The number of hydrogen-bond acceptors (Lipinski definition) is 3. The van der Waals surface area contributed by atoms with Crippen LogP contribution in [0.3, 0.4) is 0 Å². The highest BCUT2D eigenvalue weighted by Gasteiger charge is 2.21. The third-order valence-corrected chi connectivity index (χ3v) is 3.45. The van der Waals surface area contributed by atoms with Crippen molar-refractivity contribution in [2.75, 3.05) is 7.05 Å². The number of carbonyl (C=O) groups excluding carboxylic acids is 1. The van der Waals surface area contributed by atoms with Gasteiger partial charge in [0.2, 0.25) is 0 Å². The lowest BCUT2D eigenvalue weighted by atomic mass is 10.1. The Morgan fingerprint density at radius 1 is 1.30 bits per heavy atom. The molecule has 20 heavy (non-hydrogen) atoms. The summed E-state index contributed by atoms with van der Waals surface area (Å²) in [6.07, 6.45) is 0.524. The molecule has 0 aliphatic rings. The number of amides is 1. The van der Waals surface area contributed by atoms with E-state index in [9.17, 15) is 9.90 Å². The maximum atomic E-state index is 12.2. The van der Waals surface area contributed by atoms with Crippen LogP contribution in [0.15, 0.2) is 53.1 Å². The van der Waals surface area contributed by atoms with Gasteiger partial charge < -0.3 is 10.0 Å². The molecular formula is C15H15BrN2O2. The minimum Gasteiger partial charge on any atom is -0.378 e. The lowest BCUT2D eigenvalue weighted by Crippen LogP contribution is -2.31. The Morgan fingerprint density at radius 2 is 2.00 bits per heavy atom. The van der Waals surface area contributed by atoms with Crippen molar-refractivity contribution >= 4 is 21.8 Å². The molecular weight excluding hydrogens is 320 g/mol. The van der Waals surface area contributed by atoms with Gasteiger partial charge in [0.25, 0.3) is 5.91 Å². The molecule has 1 atom stereocenters. The largest absolute Gasteiger partial charge is 0.378 e. The Bertz CT molecular complexity index is 572. The van der Waals surface area contributed by atoms with Crippen LogP contribution in [0.2, 0.25) is 0 Å². The summed E-state index contributed by atoms with van der Waals surface area (Å²) in [5.74, 6) is -0.349. The monoisotopic (exact) mass is 334 g/mol. The van der Waals surface area contributed by atoms with Crippen LogP contribution < -0.4 is 0 Å². The molecule has 2 aromatic rings. The number of nitrogens with zero attached hydrogens (tertiary/aromatic N) is 2. The fourth-order valence-corrected chi connectivity index (χ4v) is 2.07. The molecule has 2 rings (SSSR count). The van der Waals surface area contributed by atoms with E-state index in [1.807, 2.05) is 18.2 Å². The number of benzene rings is 1. The maximum Gasteiger partial charge on any atom is 0.256 e. The van der Waals surface area contributed by atoms with Crippen molar-refractivity contribution in [2.24, 2.45) is 0 Å². The highest BCUT2D eigenvalue weighted by atomic mass is 79.9. The van der Waals surface area contributed by atoms with Gasteiger partial charge in [-0.05, 0) is 29.8 Å². The molecule has 0 saturated carbocycles. The third kappa shape index (κ3) is 3.65. The van der Waals surface area contributed by atoms with Crippen LogP contribution in [0.25, 0.3) is 0 Å². The number of hydrogen-bond donors (Lipinski definition) is 1. The lowest BCUT2D eigenvalue weighted by Gasteiger charge is -2.20. The quantitative estimate of drug-likeness (QED) is 0.934. The summed E-state index contributed by atoms with van der Waals surface area (Å²) in [5.41, 5.74) is 1.36. The standard InChI is InChI=1S/C15H15BrN2O2/c1-18(10-13-4-2-3-9-17-13)15(20)14(19)11-5-7-12(16)8-6-11/h2-9,14,19H,10H2,1H3/t14-/m1/s1. The van der Waals surface area contributed by atoms with Crippen LogP contribution in [-0.4, -0.2) is 27.9 Å². The van der Waals surface area contributed by atoms with Crippen molar-refractivity contribution in [1.82, 2.24) is 9.88 Å². The SMILES string of the molecule is CN(Cc1ccccn1)C(=O)[C@H](O)c1ccc(Br)cc1. The second-order valence-corrected chi connectivity index (χ2v) is 5.39. The average molecular weight is 335 g/mol. The molecule has 1 heterocycles. The predicted molar refractivity (Wildman–Crippen MR) is 79.8 cm³/mol. The van der Waals surface area contributed by atoms with Gasteiger partial charge in [-0.2, -0.15) is 0 Å². The highest BCUT2D eigenvalue weighted by molar-refractivity contribution is 9.10. The summed E-state index contributed by atoms with van der Waals surface area (Å²) in [4.78, 5) is 17.8. The van der Waals surface area contributed by atoms with E-state index < -0.39 is 6.10 Å². The molecule has 0 unspecified atom stereocenters. The van der Waals surface area contributed by atoms with Gasteiger partial charge in [-0.25, -0.2) is 0 Å². The molecule has 0 aliphatic carbocycles. The molecule has 1 amide bonds. The van der Waals surface area contributed by atoms with Crippen molar-refractivity contribution < 1.29 is 9.90 Å². The number of aliphatic hydroxyl groups is 1. The minimum absolute atomic E-state index is 0.349. The molecule has 0 aliphatic heterocycles. The van der Waals surface area contributed by atoms with Gasteiger partial charge in [0.15, 0.2) is 6.10 Å². The second-order valence-electron chi connectivity index (χ2n) is 4.47. The topological polar surface area (TPSA) is 53.4 Å². The zero-order chi connectivity index (χ0) is 14.5. The van der Waals surface area contributed by atoms with Gasteiger partial charge in [0.05, 0.1) is 12.2 Å². The van der Waals surface area contributed by atoms with Crippen LogP contribution >= 0.6 is 15.9 Å². The Kier molecular flexibility index (Phi) is 4.87. The zero-order valence-electron chi connectivity index (χ0n) is 11.0. The highest BCUT2D eigenvalue weighted by Crippen LogP contribution is 2.19. The van der Waals surface area contributed by atoms with E-state index in [0.717, 1.165) is 10.2 Å². The lowest BCUT2D eigenvalue weighted by molar-refractivity contribution is -0.139. The molecule has 0 radical (unpaired) electrons. The molecule has 1 N–H and O–H groups in total. The van der Waals surface area contributed by atoms with Gasteiger partial charge in [-0.15, -0.1) is 0 Å². The van der Waals surface area contributed by atoms with Crippen LogP contribution in [-0.2, 0) is 11.3 Å². The Labute approximate surface area is 126 Å². The van der Waals surface area contributed by atoms with E-state index in [1.165, 1.54) is 4.90 Å².